The molecular weight excluding hydrogens is 655 g/mol. The molecular formula is C30H24BrClF3N3O5. The third kappa shape index (κ3) is 6.65. The number of alkyl halides is 3. The molecule has 0 atom stereocenters. The van der Waals surface area contributed by atoms with Gasteiger partial charge in [-0.15, -0.1) is 13.2 Å². The second-order valence-electron chi connectivity index (χ2n) is 9.73. The van der Waals surface area contributed by atoms with Gasteiger partial charge in [0.1, 0.15) is 17.2 Å². The quantitative estimate of drug-likeness (QED) is 0.201. The Hall–Kier alpha value is -4.03. The smallest absolute Gasteiger partial charge is 0.497 e. The van der Waals surface area contributed by atoms with Gasteiger partial charge in [0.05, 0.1) is 30.1 Å². The first-order chi connectivity index (χ1) is 20.4. The van der Waals surface area contributed by atoms with E-state index in [1.54, 1.807) is 47.4 Å². The number of carbonyl (C=O) groups is 2. The summed E-state index contributed by atoms with van der Waals surface area (Å²) < 4.78 is 50.2. The molecule has 0 unspecified atom stereocenters. The van der Waals surface area contributed by atoms with E-state index in [-0.39, 0.29) is 55.6 Å². The lowest BCUT2D eigenvalue weighted by atomic mass is 10.0. The first-order valence-electron chi connectivity index (χ1n) is 13.1. The fraction of sp³-hybridized carbons (Fsp3) is 0.233. The van der Waals surface area contributed by atoms with Crippen molar-refractivity contribution in [2.75, 3.05) is 13.7 Å². The molecule has 224 valence electrons. The van der Waals surface area contributed by atoms with E-state index in [0.29, 0.717) is 37.8 Å². The largest absolute Gasteiger partial charge is 0.573 e. The lowest BCUT2D eigenvalue weighted by molar-refractivity contribution is -0.274. The van der Waals surface area contributed by atoms with E-state index in [0.717, 1.165) is 0 Å². The van der Waals surface area contributed by atoms with Crippen LogP contribution in [-0.2, 0) is 19.5 Å². The van der Waals surface area contributed by atoms with Gasteiger partial charge in [-0.3, -0.25) is 18.7 Å². The van der Waals surface area contributed by atoms with Gasteiger partial charge in [0.2, 0.25) is 0 Å². The summed E-state index contributed by atoms with van der Waals surface area (Å²) in [6, 6.07) is 16.8. The number of methoxy groups -OCH3 is 1. The minimum Gasteiger partial charge on any atom is -0.497 e. The standard InChI is InChI=1S/C30H24BrClF3N3O5/c1-42-21-10-6-20(7-11-21)38-27(26(39)13-4-18-2-8-22(9-3-18)43-30(33,34)35)25-17-36(14-15-37(25)29(38)41)28(40)19-5-12-23(31)24(32)16-19/h2-3,5-12,16H,4,13-15,17H2,1H3. The topological polar surface area (TPSA) is 82.8 Å². The number of nitrogens with zero attached hydrogens (tertiary/aromatic N) is 3. The van der Waals surface area contributed by atoms with Crippen molar-refractivity contribution in [2.45, 2.75) is 32.3 Å². The first kappa shape index (κ1) is 30.4. The Morgan fingerprint density at radius 1 is 0.977 bits per heavy atom. The fourth-order valence-corrected chi connectivity index (χ4v) is 5.36. The van der Waals surface area contributed by atoms with E-state index < -0.39 is 12.1 Å². The molecule has 0 N–H and O–H groups in total. The molecule has 0 bridgehead atoms. The summed E-state index contributed by atoms with van der Waals surface area (Å²) >= 11 is 9.52. The Bertz CT molecular complexity index is 1730. The van der Waals surface area contributed by atoms with Crippen LogP contribution < -0.4 is 15.2 Å². The van der Waals surface area contributed by atoms with Gasteiger partial charge in [-0.25, -0.2) is 4.79 Å². The molecule has 0 saturated heterocycles. The molecule has 8 nitrogen and oxygen atoms in total. The molecule has 0 spiro atoms. The van der Waals surface area contributed by atoms with Crippen molar-refractivity contribution >= 4 is 39.2 Å². The van der Waals surface area contributed by atoms with Crippen LogP contribution in [0.1, 0.15) is 38.5 Å². The average Bonchev–Trinajstić information content (AvgIpc) is 3.28. The number of fused-ring (bicyclic) bond motifs is 1. The van der Waals surface area contributed by atoms with Crippen LogP contribution in [0.15, 0.2) is 76.0 Å². The predicted molar refractivity (Wildman–Crippen MR) is 156 cm³/mol. The maximum atomic E-state index is 13.8. The Balaban J connectivity index is 1.47. The molecule has 0 aliphatic carbocycles. The minimum absolute atomic E-state index is 0.00939. The van der Waals surface area contributed by atoms with Crippen molar-refractivity contribution < 1.29 is 32.2 Å². The lowest BCUT2D eigenvalue weighted by Gasteiger charge is -2.28. The Morgan fingerprint density at radius 2 is 1.65 bits per heavy atom. The van der Waals surface area contributed by atoms with Crippen molar-refractivity contribution in [2.24, 2.45) is 0 Å². The average molecular weight is 679 g/mol. The number of amides is 1. The van der Waals surface area contributed by atoms with E-state index in [9.17, 15) is 27.6 Å². The number of aromatic nitrogens is 2. The van der Waals surface area contributed by atoms with Crippen LogP contribution in [0.25, 0.3) is 5.69 Å². The highest BCUT2D eigenvalue weighted by Gasteiger charge is 2.33. The van der Waals surface area contributed by atoms with Crippen LogP contribution in [0, 0.1) is 0 Å². The molecule has 13 heteroatoms. The molecule has 2 heterocycles. The number of hydrogen-bond acceptors (Lipinski definition) is 5. The maximum Gasteiger partial charge on any atom is 0.573 e. The third-order valence-corrected chi connectivity index (χ3v) is 8.26. The van der Waals surface area contributed by atoms with Crippen molar-refractivity contribution in [3.8, 4) is 17.2 Å². The van der Waals surface area contributed by atoms with Crippen LogP contribution in [-0.4, -0.2) is 45.7 Å². The summed E-state index contributed by atoms with van der Waals surface area (Å²) in [6.07, 6.45) is -4.65. The number of rotatable bonds is 8. The molecule has 0 fully saturated rings. The van der Waals surface area contributed by atoms with Crippen LogP contribution in [0.5, 0.6) is 11.5 Å². The van der Waals surface area contributed by atoms with Crippen LogP contribution >= 0.6 is 27.5 Å². The lowest BCUT2D eigenvalue weighted by Crippen LogP contribution is -2.41. The monoisotopic (exact) mass is 677 g/mol. The maximum absolute atomic E-state index is 13.8. The Kier molecular flexibility index (Phi) is 8.70. The number of ketones is 1. The molecule has 1 aromatic heterocycles. The van der Waals surface area contributed by atoms with Gasteiger partial charge < -0.3 is 14.4 Å². The van der Waals surface area contributed by atoms with Crippen molar-refractivity contribution in [1.29, 1.82) is 0 Å². The van der Waals surface area contributed by atoms with Crippen molar-refractivity contribution in [3.05, 3.63) is 109 Å². The van der Waals surface area contributed by atoms with Gasteiger partial charge in [-0.05, 0) is 82.5 Å². The second kappa shape index (κ2) is 12.3. The van der Waals surface area contributed by atoms with Crippen LogP contribution in [0.4, 0.5) is 13.2 Å². The molecule has 3 aromatic carbocycles. The summed E-state index contributed by atoms with van der Waals surface area (Å²) in [7, 11) is 1.51. The molecule has 4 aromatic rings. The molecule has 0 radical (unpaired) electrons. The van der Waals surface area contributed by atoms with E-state index in [1.807, 2.05) is 0 Å². The third-order valence-electron chi connectivity index (χ3n) is 7.03. The summed E-state index contributed by atoms with van der Waals surface area (Å²) in [6.45, 7) is 0.426. The summed E-state index contributed by atoms with van der Waals surface area (Å²) in [5, 5.41) is 0.374. The fourth-order valence-electron chi connectivity index (χ4n) is 4.94. The summed E-state index contributed by atoms with van der Waals surface area (Å²) in [5.74, 6) is -0.464. The van der Waals surface area contributed by atoms with E-state index in [2.05, 4.69) is 20.7 Å². The second-order valence-corrected chi connectivity index (χ2v) is 11.0. The number of Topliss-reactive ketones (excluding diaryl/α,β-unsaturated/α-hetero) is 1. The molecule has 1 amide bonds. The number of aryl methyl sites for hydroxylation is 1. The number of halogens is 5. The van der Waals surface area contributed by atoms with Gasteiger partial charge in [-0.1, -0.05) is 23.7 Å². The number of benzene rings is 3. The zero-order valence-corrected chi connectivity index (χ0v) is 25.0. The minimum atomic E-state index is -4.81. The highest BCUT2D eigenvalue weighted by molar-refractivity contribution is 9.10. The number of carbonyl (C=O) groups excluding carboxylic acids is 2. The van der Waals surface area contributed by atoms with Gasteiger partial charge in [0.15, 0.2) is 5.78 Å². The van der Waals surface area contributed by atoms with Gasteiger partial charge in [-0.2, -0.15) is 0 Å². The Morgan fingerprint density at radius 3 is 2.28 bits per heavy atom. The molecule has 5 rings (SSSR count). The van der Waals surface area contributed by atoms with Gasteiger partial charge in [0, 0.05) is 29.5 Å². The summed E-state index contributed by atoms with van der Waals surface area (Å²) in [5.41, 5.74) is 1.53. The van der Waals surface area contributed by atoms with Gasteiger partial charge >= 0.3 is 12.1 Å². The molecule has 1 aliphatic heterocycles. The Labute approximate surface area is 257 Å². The zero-order valence-electron chi connectivity index (χ0n) is 22.7. The SMILES string of the molecule is COc1ccc(-n2c(C(=O)CCc3ccc(OC(F)(F)F)cc3)c3n(c2=O)CCN(C(=O)c2ccc(Br)c(Cl)c2)C3)cc1. The van der Waals surface area contributed by atoms with Crippen molar-refractivity contribution in [1.82, 2.24) is 14.0 Å². The van der Waals surface area contributed by atoms with Crippen molar-refractivity contribution in [3.63, 3.8) is 0 Å². The number of hydrogen-bond donors (Lipinski definition) is 0. The molecule has 1 aliphatic rings. The van der Waals surface area contributed by atoms with Gasteiger partial charge in [0.25, 0.3) is 5.91 Å². The normalized spacial score (nSPS) is 13.0. The highest BCUT2D eigenvalue weighted by Crippen LogP contribution is 2.28. The predicted octanol–water partition coefficient (Wildman–Crippen LogP) is 6.43. The van der Waals surface area contributed by atoms with Crippen LogP contribution in [0.2, 0.25) is 5.02 Å². The van der Waals surface area contributed by atoms with E-state index in [4.69, 9.17) is 16.3 Å². The number of ether oxygens (including phenoxy) is 2. The zero-order chi connectivity index (χ0) is 30.9. The van der Waals surface area contributed by atoms with Crippen LogP contribution in [0.3, 0.4) is 0 Å². The molecule has 43 heavy (non-hydrogen) atoms. The first-order valence-corrected chi connectivity index (χ1v) is 14.2. The molecule has 0 saturated carbocycles. The van der Waals surface area contributed by atoms with E-state index in [1.165, 1.54) is 40.5 Å². The highest BCUT2D eigenvalue weighted by atomic mass is 79.9. The summed E-state index contributed by atoms with van der Waals surface area (Å²) in [4.78, 5) is 42.4. The number of imidazole rings is 1. The van der Waals surface area contributed by atoms with E-state index >= 15 is 0 Å².